The molecule has 0 saturated heterocycles. The molecule has 0 unspecified atom stereocenters. The van der Waals surface area contributed by atoms with Crippen LogP contribution in [-0.4, -0.2) is 12.6 Å². The summed E-state index contributed by atoms with van der Waals surface area (Å²) in [5.74, 6) is -0.543. The second-order valence-corrected chi connectivity index (χ2v) is 4.28. The molecule has 0 saturated carbocycles. The summed E-state index contributed by atoms with van der Waals surface area (Å²) in [6.45, 7) is 0.456. The normalized spacial score (nSPS) is 10.1. The molecular weight excluding hydrogens is 275 g/mol. The van der Waals surface area contributed by atoms with E-state index in [1.54, 1.807) is 12.1 Å². The van der Waals surface area contributed by atoms with Gasteiger partial charge in [-0.1, -0.05) is 42.5 Å². The Kier molecular flexibility index (Phi) is 7.83. The molecule has 0 aliphatic carbocycles. The van der Waals surface area contributed by atoms with Crippen molar-refractivity contribution in [3.63, 3.8) is 0 Å². The number of hydrogen-bond donors (Lipinski definition) is 0. The van der Waals surface area contributed by atoms with Crippen LogP contribution in [0.3, 0.4) is 0 Å². The molecule has 2 aromatic rings. The molecule has 3 nitrogen and oxygen atoms in total. The fourth-order valence-corrected chi connectivity index (χ4v) is 1.73. The summed E-state index contributed by atoms with van der Waals surface area (Å²) < 4.78 is 5.48. The maximum Gasteiger partial charge on any atom is 1.00 e. The summed E-state index contributed by atoms with van der Waals surface area (Å²) in [5, 5.41) is 10.6. The van der Waals surface area contributed by atoms with Crippen LogP contribution in [0.4, 0.5) is 0 Å². The summed E-state index contributed by atoms with van der Waals surface area (Å²) in [5.41, 5.74) is 1.40. The van der Waals surface area contributed by atoms with Gasteiger partial charge in [-0.25, -0.2) is 0 Å². The Labute approximate surface area is 146 Å². The van der Waals surface area contributed by atoms with E-state index < -0.39 is 5.97 Å². The van der Waals surface area contributed by atoms with E-state index in [4.69, 9.17) is 4.74 Å². The van der Waals surface area contributed by atoms with Crippen LogP contribution in [0, 0.1) is 0 Å². The third kappa shape index (κ3) is 6.17. The number of allylic oxidation sites excluding steroid dienone is 1. The van der Waals surface area contributed by atoms with Crippen LogP contribution in [0.5, 0.6) is 5.75 Å². The van der Waals surface area contributed by atoms with Gasteiger partial charge in [0.05, 0.1) is 5.97 Å². The van der Waals surface area contributed by atoms with E-state index in [0.717, 1.165) is 6.42 Å². The van der Waals surface area contributed by atoms with Gasteiger partial charge in [0, 0.05) is 0 Å². The van der Waals surface area contributed by atoms with E-state index in [1.807, 2.05) is 30.4 Å². The minimum atomic E-state index is -1.18. The van der Waals surface area contributed by atoms with Crippen LogP contribution >= 0.6 is 0 Å². The Bertz CT molecular complexity index is 577. The second-order valence-electron chi connectivity index (χ2n) is 4.28. The van der Waals surface area contributed by atoms with Crippen LogP contribution in [-0.2, 0) is 6.42 Å². The number of aromatic carboxylic acids is 1. The molecule has 0 radical (unpaired) electrons. The van der Waals surface area contributed by atoms with Crippen molar-refractivity contribution in [1.29, 1.82) is 0 Å². The molecule has 0 fully saturated rings. The zero-order valence-corrected chi connectivity index (χ0v) is 14.0. The predicted octanol–water partition coefficient (Wildman–Crippen LogP) is -0.768. The van der Waals surface area contributed by atoms with Crippen molar-refractivity contribution in [3.8, 4) is 5.75 Å². The number of carboxylic acid groups (broad SMARTS) is 1. The largest absolute Gasteiger partial charge is 1.00 e. The zero-order valence-electron chi connectivity index (χ0n) is 12.0. The van der Waals surface area contributed by atoms with E-state index in [-0.39, 0.29) is 35.1 Å². The first-order chi connectivity index (χ1) is 9.75. The van der Waals surface area contributed by atoms with E-state index >= 15 is 0 Å². The summed E-state index contributed by atoms with van der Waals surface area (Å²) in [6.07, 6.45) is 4.86. The molecule has 2 rings (SSSR count). The third-order valence-electron chi connectivity index (χ3n) is 2.80. The van der Waals surface area contributed by atoms with Crippen molar-refractivity contribution >= 4 is 5.97 Å². The molecule has 0 heterocycles. The molecule has 0 spiro atoms. The second kappa shape index (κ2) is 9.40. The fraction of sp³-hybridized carbons (Fsp3) is 0.118. The van der Waals surface area contributed by atoms with E-state index in [0.29, 0.717) is 12.4 Å². The smallest absolute Gasteiger partial charge is 0.545 e. The molecular formula is C17H15NaO3. The Morgan fingerprint density at radius 2 is 1.67 bits per heavy atom. The maximum atomic E-state index is 10.6. The average molecular weight is 290 g/mol. The van der Waals surface area contributed by atoms with Gasteiger partial charge in [-0.2, -0.15) is 0 Å². The van der Waals surface area contributed by atoms with Crippen LogP contribution < -0.4 is 39.4 Å². The van der Waals surface area contributed by atoms with Gasteiger partial charge in [0.1, 0.15) is 12.4 Å². The van der Waals surface area contributed by atoms with E-state index in [9.17, 15) is 9.90 Å². The summed E-state index contributed by atoms with van der Waals surface area (Å²) in [6, 6.07) is 16.3. The Balaban J connectivity index is 0.00000220. The zero-order chi connectivity index (χ0) is 14.2. The topological polar surface area (TPSA) is 49.4 Å². The molecule has 0 aliphatic heterocycles. The first-order valence-corrected chi connectivity index (χ1v) is 6.39. The van der Waals surface area contributed by atoms with Crippen LogP contribution in [0.2, 0.25) is 0 Å². The number of rotatable bonds is 6. The van der Waals surface area contributed by atoms with E-state index in [1.165, 1.54) is 17.7 Å². The molecule has 0 atom stereocenters. The van der Waals surface area contributed by atoms with E-state index in [2.05, 4.69) is 12.1 Å². The molecule has 2 aromatic carbocycles. The van der Waals surface area contributed by atoms with Gasteiger partial charge in [0.25, 0.3) is 0 Å². The van der Waals surface area contributed by atoms with Gasteiger partial charge in [-0.3, -0.25) is 0 Å². The van der Waals surface area contributed by atoms with Crippen molar-refractivity contribution in [2.24, 2.45) is 0 Å². The van der Waals surface area contributed by atoms with Crippen LogP contribution in [0.25, 0.3) is 0 Å². The van der Waals surface area contributed by atoms with Gasteiger partial charge in [0.15, 0.2) is 0 Å². The van der Waals surface area contributed by atoms with Gasteiger partial charge in [-0.15, -0.1) is 0 Å². The Morgan fingerprint density at radius 1 is 1.00 bits per heavy atom. The molecule has 21 heavy (non-hydrogen) atoms. The summed E-state index contributed by atoms with van der Waals surface area (Å²) in [4.78, 5) is 10.6. The molecule has 102 valence electrons. The quantitative estimate of drug-likeness (QED) is 0.519. The van der Waals surface area contributed by atoms with Gasteiger partial charge < -0.3 is 14.6 Å². The minimum absolute atomic E-state index is 0. The van der Waals surface area contributed by atoms with Crippen LogP contribution in [0.15, 0.2) is 66.7 Å². The molecule has 0 bridgehead atoms. The van der Waals surface area contributed by atoms with Gasteiger partial charge >= 0.3 is 29.6 Å². The fourth-order valence-electron chi connectivity index (χ4n) is 1.73. The third-order valence-corrected chi connectivity index (χ3v) is 2.80. The molecule has 0 aromatic heterocycles. The molecule has 0 N–H and O–H groups in total. The van der Waals surface area contributed by atoms with Gasteiger partial charge in [-0.05, 0) is 41.8 Å². The monoisotopic (exact) mass is 290 g/mol. The number of carbonyl (C=O) groups is 1. The molecule has 4 heteroatoms. The number of hydrogen-bond acceptors (Lipinski definition) is 3. The molecule has 0 amide bonds. The van der Waals surface area contributed by atoms with Crippen LogP contribution in [0.1, 0.15) is 15.9 Å². The van der Waals surface area contributed by atoms with Crippen molar-refractivity contribution in [2.45, 2.75) is 6.42 Å². The first kappa shape index (κ1) is 17.5. The SMILES string of the molecule is O=C([O-])c1ccc(OCC=CCc2ccccc2)cc1.[Na+]. The van der Waals surface area contributed by atoms with Crippen molar-refractivity contribution < 1.29 is 44.2 Å². The summed E-state index contributed by atoms with van der Waals surface area (Å²) >= 11 is 0. The maximum absolute atomic E-state index is 10.6. The Hall–Kier alpha value is -1.55. The van der Waals surface area contributed by atoms with Crippen molar-refractivity contribution in [3.05, 3.63) is 77.9 Å². The predicted molar refractivity (Wildman–Crippen MR) is 75.6 cm³/mol. The number of carboxylic acids is 1. The average Bonchev–Trinajstić information content (AvgIpc) is 2.48. The van der Waals surface area contributed by atoms with Crippen molar-refractivity contribution in [1.82, 2.24) is 0 Å². The number of ether oxygens (including phenoxy) is 1. The first-order valence-electron chi connectivity index (χ1n) is 6.39. The Morgan fingerprint density at radius 3 is 2.29 bits per heavy atom. The summed E-state index contributed by atoms with van der Waals surface area (Å²) in [7, 11) is 0. The van der Waals surface area contributed by atoms with Gasteiger partial charge in [0.2, 0.25) is 0 Å². The number of benzene rings is 2. The van der Waals surface area contributed by atoms with Crippen molar-refractivity contribution in [2.75, 3.05) is 6.61 Å². The minimum Gasteiger partial charge on any atom is -0.545 e. The standard InChI is InChI=1S/C17H16O3.Na/c18-17(19)15-9-11-16(12-10-15)20-13-5-4-8-14-6-2-1-3-7-14;/h1-7,9-12H,8,13H2,(H,18,19);/q;+1/p-1. The number of carbonyl (C=O) groups excluding carboxylic acids is 1. The molecule has 0 aliphatic rings.